The standard InChI is InChI=1S/C25H27F5N6O3/c26-24(27)7-3-13(4-8-24)19(21-15(22(31)38)12-39-35-21)17-11-36-10-6-16(32-23(36)33-17)20(14-1-2-14)34-18(37)5-9-25(28,29)30/h6,10-14,19-20H,1-5,7-9H2,(H2,31,38)(H,34,37)/t19-,20-/m0/s1. The van der Waals surface area contributed by atoms with Gasteiger partial charge in [0, 0.05) is 31.7 Å². The highest BCUT2D eigenvalue weighted by Gasteiger charge is 2.41. The fourth-order valence-corrected chi connectivity index (χ4v) is 5.25. The Labute approximate surface area is 219 Å². The van der Waals surface area contributed by atoms with Gasteiger partial charge in [0.15, 0.2) is 0 Å². The van der Waals surface area contributed by atoms with E-state index in [0.29, 0.717) is 11.4 Å². The first-order valence-electron chi connectivity index (χ1n) is 12.7. The molecule has 39 heavy (non-hydrogen) atoms. The van der Waals surface area contributed by atoms with Gasteiger partial charge in [0.2, 0.25) is 17.6 Å². The number of hydrogen-bond acceptors (Lipinski definition) is 6. The molecule has 0 saturated heterocycles. The molecule has 3 heterocycles. The number of fused-ring (bicyclic) bond motifs is 1. The van der Waals surface area contributed by atoms with Crippen molar-refractivity contribution in [2.45, 2.75) is 75.4 Å². The molecule has 3 aromatic rings. The molecule has 0 spiro atoms. The van der Waals surface area contributed by atoms with E-state index in [1.54, 1.807) is 22.9 Å². The summed E-state index contributed by atoms with van der Waals surface area (Å²) in [6, 6.07) is 1.09. The summed E-state index contributed by atoms with van der Waals surface area (Å²) in [5.41, 5.74) is 6.65. The summed E-state index contributed by atoms with van der Waals surface area (Å²) in [7, 11) is 0. The molecule has 0 radical (unpaired) electrons. The van der Waals surface area contributed by atoms with E-state index in [1.807, 2.05) is 0 Å². The Hall–Kier alpha value is -3.58. The molecule has 0 aromatic carbocycles. The molecule has 2 atom stereocenters. The number of primary amides is 1. The van der Waals surface area contributed by atoms with Crippen LogP contribution in [0, 0.1) is 11.8 Å². The number of imidazole rings is 1. The minimum atomic E-state index is -4.43. The summed E-state index contributed by atoms with van der Waals surface area (Å²) >= 11 is 0. The van der Waals surface area contributed by atoms with Crippen molar-refractivity contribution in [3.63, 3.8) is 0 Å². The Morgan fingerprint density at radius 2 is 1.82 bits per heavy atom. The number of carbonyl (C=O) groups excluding carboxylic acids is 2. The lowest BCUT2D eigenvalue weighted by molar-refractivity contribution is -0.144. The summed E-state index contributed by atoms with van der Waals surface area (Å²) in [4.78, 5) is 33.4. The molecule has 2 amide bonds. The number of carbonyl (C=O) groups is 2. The number of aromatic nitrogens is 4. The van der Waals surface area contributed by atoms with Crippen molar-refractivity contribution in [1.29, 1.82) is 0 Å². The second kappa shape index (κ2) is 10.2. The molecule has 3 N–H and O–H groups in total. The van der Waals surface area contributed by atoms with Crippen LogP contribution in [0.5, 0.6) is 0 Å². The van der Waals surface area contributed by atoms with Gasteiger partial charge < -0.3 is 15.6 Å². The van der Waals surface area contributed by atoms with Crippen molar-refractivity contribution in [3.8, 4) is 0 Å². The molecular weight excluding hydrogens is 527 g/mol. The smallest absolute Gasteiger partial charge is 0.365 e. The first kappa shape index (κ1) is 27.0. The van der Waals surface area contributed by atoms with E-state index in [1.165, 1.54) is 0 Å². The molecule has 0 aliphatic heterocycles. The van der Waals surface area contributed by atoms with Crippen LogP contribution in [0.15, 0.2) is 29.2 Å². The van der Waals surface area contributed by atoms with Crippen molar-refractivity contribution in [1.82, 2.24) is 24.8 Å². The predicted octanol–water partition coefficient (Wildman–Crippen LogP) is 4.68. The Kier molecular flexibility index (Phi) is 7.06. The van der Waals surface area contributed by atoms with Gasteiger partial charge in [-0.05, 0) is 43.6 Å². The number of nitrogens with one attached hydrogen (secondary N) is 1. The van der Waals surface area contributed by atoms with Gasteiger partial charge in [0.1, 0.15) is 17.5 Å². The quantitative estimate of drug-likeness (QED) is 0.370. The van der Waals surface area contributed by atoms with Gasteiger partial charge in [-0.2, -0.15) is 13.2 Å². The number of hydrogen-bond donors (Lipinski definition) is 2. The maximum absolute atomic E-state index is 13.9. The molecule has 0 bridgehead atoms. The zero-order valence-electron chi connectivity index (χ0n) is 20.8. The van der Waals surface area contributed by atoms with Crippen LogP contribution >= 0.6 is 0 Å². The zero-order valence-corrected chi connectivity index (χ0v) is 20.8. The van der Waals surface area contributed by atoms with Crippen molar-refractivity contribution in [2.24, 2.45) is 17.6 Å². The minimum Gasteiger partial charge on any atom is -0.365 e. The normalized spacial score (nSPS) is 19.6. The van der Waals surface area contributed by atoms with E-state index in [2.05, 4.69) is 20.4 Å². The summed E-state index contributed by atoms with van der Waals surface area (Å²) in [6.07, 6.45) is -0.566. The monoisotopic (exact) mass is 554 g/mol. The fourth-order valence-electron chi connectivity index (χ4n) is 5.25. The van der Waals surface area contributed by atoms with E-state index < -0.39 is 48.7 Å². The van der Waals surface area contributed by atoms with Crippen LogP contribution in [-0.2, 0) is 4.79 Å². The van der Waals surface area contributed by atoms with Crippen molar-refractivity contribution >= 4 is 17.6 Å². The van der Waals surface area contributed by atoms with Crippen LogP contribution in [0.4, 0.5) is 22.0 Å². The molecule has 14 heteroatoms. The average Bonchev–Trinajstić information content (AvgIpc) is 3.43. The van der Waals surface area contributed by atoms with Crippen molar-refractivity contribution in [2.75, 3.05) is 0 Å². The Morgan fingerprint density at radius 1 is 1.13 bits per heavy atom. The number of nitrogens with zero attached hydrogens (tertiary/aromatic N) is 4. The molecule has 2 aliphatic carbocycles. The first-order valence-corrected chi connectivity index (χ1v) is 12.7. The van der Waals surface area contributed by atoms with E-state index >= 15 is 0 Å². The molecule has 9 nitrogen and oxygen atoms in total. The summed E-state index contributed by atoms with van der Waals surface area (Å²) < 4.78 is 72.1. The highest BCUT2D eigenvalue weighted by atomic mass is 19.4. The second-order valence-electron chi connectivity index (χ2n) is 10.4. The largest absolute Gasteiger partial charge is 0.389 e. The highest BCUT2D eigenvalue weighted by Crippen LogP contribution is 2.45. The summed E-state index contributed by atoms with van der Waals surface area (Å²) in [6.45, 7) is 0. The number of amides is 2. The minimum absolute atomic E-state index is 0.0402. The summed E-state index contributed by atoms with van der Waals surface area (Å²) in [5, 5.41) is 6.66. The third kappa shape index (κ3) is 6.19. The van der Waals surface area contributed by atoms with Crippen LogP contribution in [0.25, 0.3) is 5.78 Å². The van der Waals surface area contributed by atoms with E-state index in [-0.39, 0.29) is 54.6 Å². The van der Waals surface area contributed by atoms with E-state index in [4.69, 9.17) is 10.3 Å². The molecule has 5 rings (SSSR count). The van der Waals surface area contributed by atoms with Crippen LogP contribution in [0.1, 0.15) is 90.8 Å². The number of nitrogens with two attached hydrogens (primary N) is 1. The van der Waals surface area contributed by atoms with Crippen LogP contribution in [-0.4, -0.2) is 43.4 Å². The zero-order chi connectivity index (χ0) is 27.9. The van der Waals surface area contributed by atoms with Crippen LogP contribution in [0.3, 0.4) is 0 Å². The highest BCUT2D eigenvalue weighted by molar-refractivity contribution is 5.93. The molecule has 3 aromatic heterocycles. The van der Waals surface area contributed by atoms with Crippen molar-refractivity contribution < 1.29 is 36.1 Å². The van der Waals surface area contributed by atoms with Crippen LogP contribution < -0.4 is 11.1 Å². The predicted molar refractivity (Wildman–Crippen MR) is 126 cm³/mol. The number of rotatable bonds is 9. The second-order valence-corrected chi connectivity index (χ2v) is 10.4. The Bertz CT molecular complexity index is 1360. The Morgan fingerprint density at radius 3 is 2.46 bits per heavy atom. The maximum atomic E-state index is 13.9. The topological polar surface area (TPSA) is 128 Å². The number of halogens is 5. The third-order valence-corrected chi connectivity index (χ3v) is 7.44. The van der Waals surface area contributed by atoms with Gasteiger partial charge in [-0.15, -0.1) is 0 Å². The molecule has 2 aliphatic rings. The lowest BCUT2D eigenvalue weighted by atomic mass is 9.75. The van der Waals surface area contributed by atoms with Gasteiger partial charge in [-0.3, -0.25) is 14.0 Å². The van der Waals surface area contributed by atoms with Gasteiger partial charge in [-0.25, -0.2) is 18.7 Å². The van der Waals surface area contributed by atoms with Gasteiger partial charge in [0.25, 0.3) is 5.91 Å². The van der Waals surface area contributed by atoms with Gasteiger partial charge in [0.05, 0.1) is 29.8 Å². The molecular formula is C25H27F5N6O3. The molecule has 210 valence electrons. The maximum Gasteiger partial charge on any atom is 0.389 e. The molecule has 2 saturated carbocycles. The van der Waals surface area contributed by atoms with Gasteiger partial charge >= 0.3 is 6.18 Å². The summed E-state index contributed by atoms with van der Waals surface area (Å²) in [5.74, 6) is -4.93. The molecule has 0 unspecified atom stereocenters. The first-order chi connectivity index (χ1) is 18.4. The van der Waals surface area contributed by atoms with E-state index in [9.17, 15) is 31.5 Å². The number of alkyl halides is 5. The average molecular weight is 555 g/mol. The fraction of sp³-hybridized carbons (Fsp3) is 0.560. The lowest BCUT2D eigenvalue weighted by Gasteiger charge is -2.32. The lowest BCUT2D eigenvalue weighted by Crippen LogP contribution is -2.31. The van der Waals surface area contributed by atoms with Gasteiger partial charge in [-0.1, -0.05) is 5.16 Å². The van der Waals surface area contributed by atoms with E-state index in [0.717, 1.165) is 19.1 Å². The molecule has 2 fully saturated rings. The van der Waals surface area contributed by atoms with Crippen LogP contribution in [0.2, 0.25) is 0 Å². The van der Waals surface area contributed by atoms with Crippen molar-refractivity contribution in [3.05, 3.63) is 47.4 Å². The third-order valence-electron chi connectivity index (χ3n) is 7.44. The SMILES string of the molecule is NC(=O)c1conc1[C@H](c1cn2ccc([C@@H](NC(=O)CCC(F)(F)F)C3CC3)nc2n1)C1CCC(F)(F)CC1. The Balaban J connectivity index is 1.44.